The lowest BCUT2D eigenvalue weighted by molar-refractivity contribution is -0.120. The smallest absolute Gasteiger partial charge is 0.255 e. The molecule has 1 fully saturated rings. The van der Waals surface area contributed by atoms with Crippen molar-refractivity contribution in [2.24, 2.45) is 5.73 Å². The SMILES string of the molecule is NC(=O)COc1cccc(NC(=O)CC2CSCCN2)c1. The lowest BCUT2D eigenvalue weighted by atomic mass is 10.2. The summed E-state index contributed by atoms with van der Waals surface area (Å²) in [4.78, 5) is 22.7. The lowest BCUT2D eigenvalue weighted by Gasteiger charge is -2.22. The first-order valence-corrected chi connectivity index (χ1v) is 7.91. The van der Waals surface area contributed by atoms with Crippen LogP contribution in [0.15, 0.2) is 24.3 Å². The number of hydrogen-bond acceptors (Lipinski definition) is 5. The normalized spacial score (nSPS) is 18.0. The van der Waals surface area contributed by atoms with E-state index in [2.05, 4.69) is 10.6 Å². The Labute approximate surface area is 127 Å². The fourth-order valence-electron chi connectivity index (χ4n) is 2.00. The van der Waals surface area contributed by atoms with E-state index in [1.54, 1.807) is 24.3 Å². The molecule has 1 heterocycles. The Morgan fingerprint density at radius 3 is 3.05 bits per heavy atom. The van der Waals surface area contributed by atoms with E-state index >= 15 is 0 Å². The zero-order chi connectivity index (χ0) is 15.1. The van der Waals surface area contributed by atoms with Gasteiger partial charge < -0.3 is 21.1 Å². The summed E-state index contributed by atoms with van der Waals surface area (Å²) in [5.74, 6) is 1.97. The maximum atomic E-state index is 12.0. The molecule has 0 aliphatic carbocycles. The van der Waals surface area contributed by atoms with Crippen molar-refractivity contribution in [3.63, 3.8) is 0 Å². The van der Waals surface area contributed by atoms with E-state index in [0.29, 0.717) is 17.9 Å². The summed E-state index contributed by atoms with van der Waals surface area (Å²) < 4.78 is 5.20. The van der Waals surface area contributed by atoms with E-state index in [0.717, 1.165) is 18.1 Å². The lowest BCUT2D eigenvalue weighted by Crippen LogP contribution is -2.39. The molecule has 0 bridgehead atoms. The highest BCUT2D eigenvalue weighted by Crippen LogP contribution is 2.18. The minimum absolute atomic E-state index is 0.0398. The largest absolute Gasteiger partial charge is 0.484 e. The predicted octanol–water partition coefficient (Wildman–Crippen LogP) is 0.584. The van der Waals surface area contributed by atoms with Crippen molar-refractivity contribution in [2.75, 3.05) is 30.0 Å². The summed E-state index contributed by atoms with van der Waals surface area (Å²) in [5, 5.41) is 6.16. The second kappa shape index (κ2) is 7.90. The van der Waals surface area contributed by atoms with E-state index in [4.69, 9.17) is 10.5 Å². The fourth-order valence-corrected chi connectivity index (χ4v) is 2.95. The second-order valence-corrected chi connectivity index (χ2v) is 5.91. The van der Waals surface area contributed by atoms with E-state index in [9.17, 15) is 9.59 Å². The molecule has 6 nitrogen and oxygen atoms in total. The van der Waals surface area contributed by atoms with Gasteiger partial charge in [0.05, 0.1) is 0 Å². The number of thioether (sulfide) groups is 1. The molecular weight excluding hydrogens is 290 g/mol. The van der Waals surface area contributed by atoms with Gasteiger partial charge in [0.25, 0.3) is 5.91 Å². The van der Waals surface area contributed by atoms with Crippen LogP contribution in [0.3, 0.4) is 0 Å². The number of anilines is 1. The molecule has 1 saturated heterocycles. The molecule has 21 heavy (non-hydrogen) atoms. The highest BCUT2D eigenvalue weighted by molar-refractivity contribution is 7.99. The Bertz CT molecular complexity index is 504. The molecule has 1 aliphatic rings. The van der Waals surface area contributed by atoms with Crippen LogP contribution in [-0.4, -0.2) is 42.5 Å². The highest BCUT2D eigenvalue weighted by Gasteiger charge is 2.16. The van der Waals surface area contributed by atoms with Crippen molar-refractivity contribution in [3.05, 3.63) is 24.3 Å². The zero-order valence-electron chi connectivity index (χ0n) is 11.6. The molecule has 1 aliphatic heterocycles. The maximum absolute atomic E-state index is 12.0. The third-order valence-corrected chi connectivity index (χ3v) is 4.06. The van der Waals surface area contributed by atoms with Crippen molar-refractivity contribution in [2.45, 2.75) is 12.5 Å². The third-order valence-electron chi connectivity index (χ3n) is 2.93. The van der Waals surface area contributed by atoms with Crippen LogP contribution < -0.4 is 21.1 Å². The van der Waals surface area contributed by atoms with E-state index in [1.807, 2.05) is 11.8 Å². The van der Waals surface area contributed by atoms with Crippen molar-refractivity contribution in [1.82, 2.24) is 5.32 Å². The summed E-state index contributed by atoms with van der Waals surface area (Å²) in [6.45, 7) is 0.764. The minimum atomic E-state index is -0.537. The molecule has 114 valence electrons. The van der Waals surface area contributed by atoms with Crippen molar-refractivity contribution >= 4 is 29.3 Å². The van der Waals surface area contributed by atoms with Crippen molar-refractivity contribution in [1.29, 1.82) is 0 Å². The molecule has 4 N–H and O–H groups in total. The summed E-state index contributed by atoms with van der Waals surface area (Å²) in [5.41, 5.74) is 5.66. The first-order valence-electron chi connectivity index (χ1n) is 6.75. The Kier molecular flexibility index (Phi) is 5.89. The van der Waals surface area contributed by atoms with Crippen LogP contribution in [0, 0.1) is 0 Å². The van der Waals surface area contributed by atoms with E-state index < -0.39 is 5.91 Å². The standard InChI is InChI=1S/C14H19N3O3S/c15-13(18)8-20-12-3-1-2-10(6-12)17-14(19)7-11-9-21-5-4-16-11/h1-3,6,11,16H,4-5,7-9H2,(H2,15,18)(H,17,19). The van der Waals surface area contributed by atoms with Gasteiger partial charge in [-0.2, -0.15) is 11.8 Å². The molecule has 2 rings (SSSR count). The van der Waals surface area contributed by atoms with Gasteiger partial charge >= 0.3 is 0 Å². The molecule has 1 unspecified atom stereocenters. The van der Waals surface area contributed by atoms with Gasteiger partial charge in [-0.05, 0) is 12.1 Å². The Balaban J connectivity index is 1.85. The van der Waals surface area contributed by atoms with Gasteiger partial charge in [-0.3, -0.25) is 9.59 Å². The average Bonchev–Trinajstić information content (AvgIpc) is 2.46. The Morgan fingerprint density at radius 2 is 2.33 bits per heavy atom. The molecular formula is C14H19N3O3S. The molecule has 1 aromatic carbocycles. The summed E-state index contributed by atoms with van der Waals surface area (Å²) in [7, 11) is 0. The number of carbonyl (C=O) groups is 2. The number of amides is 2. The quantitative estimate of drug-likeness (QED) is 0.715. The van der Waals surface area contributed by atoms with Crippen LogP contribution in [0.5, 0.6) is 5.75 Å². The summed E-state index contributed by atoms with van der Waals surface area (Å²) in [6, 6.07) is 7.12. The van der Waals surface area contributed by atoms with Gasteiger partial charge in [0.2, 0.25) is 5.91 Å². The molecule has 2 amide bonds. The van der Waals surface area contributed by atoms with Gasteiger partial charge in [0, 0.05) is 42.3 Å². The average molecular weight is 309 g/mol. The van der Waals surface area contributed by atoms with Gasteiger partial charge in [-0.15, -0.1) is 0 Å². The van der Waals surface area contributed by atoms with Crippen LogP contribution in [0.2, 0.25) is 0 Å². The van der Waals surface area contributed by atoms with E-state index in [1.165, 1.54) is 0 Å². The summed E-state index contributed by atoms with van der Waals surface area (Å²) in [6.07, 6.45) is 0.444. The number of ether oxygens (including phenoxy) is 1. The van der Waals surface area contributed by atoms with Crippen LogP contribution in [0.25, 0.3) is 0 Å². The number of carbonyl (C=O) groups excluding carboxylic acids is 2. The zero-order valence-corrected chi connectivity index (χ0v) is 12.4. The Hall–Kier alpha value is -1.73. The first-order chi connectivity index (χ1) is 10.1. The van der Waals surface area contributed by atoms with Crippen LogP contribution >= 0.6 is 11.8 Å². The third kappa shape index (κ3) is 5.65. The number of nitrogens with two attached hydrogens (primary N) is 1. The van der Waals surface area contributed by atoms with Crippen molar-refractivity contribution in [3.8, 4) is 5.75 Å². The van der Waals surface area contributed by atoms with Crippen LogP contribution in [0.4, 0.5) is 5.69 Å². The molecule has 7 heteroatoms. The number of hydrogen-bond donors (Lipinski definition) is 3. The van der Waals surface area contributed by atoms with Crippen LogP contribution in [-0.2, 0) is 9.59 Å². The molecule has 0 radical (unpaired) electrons. The van der Waals surface area contributed by atoms with Gasteiger partial charge in [0.15, 0.2) is 6.61 Å². The fraction of sp³-hybridized carbons (Fsp3) is 0.429. The van der Waals surface area contributed by atoms with Crippen LogP contribution in [0.1, 0.15) is 6.42 Å². The number of nitrogens with one attached hydrogen (secondary N) is 2. The molecule has 0 aromatic heterocycles. The van der Waals surface area contributed by atoms with E-state index in [-0.39, 0.29) is 18.6 Å². The number of benzene rings is 1. The van der Waals surface area contributed by atoms with Gasteiger partial charge in [-0.25, -0.2) is 0 Å². The predicted molar refractivity (Wildman–Crippen MR) is 83.5 cm³/mol. The minimum Gasteiger partial charge on any atom is -0.484 e. The number of primary amides is 1. The topological polar surface area (TPSA) is 93.5 Å². The Morgan fingerprint density at radius 1 is 1.48 bits per heavy atom. The maximum Gasteiger partial charge on any atom is 0.255 e. The molecule has 1 aromatic rings. The number of rotatable bonds is 6. The van der Waals surface area contributed by atoms with Gasteiger partial charge in [-0.1, -0.05) is 6.07 Å². The highest BCUT2D eigenvalue weighted by atomic mass is 32.2. The molecule has 0 saturated carbocycles. The second-order valence-electron chi connectivity index (χ2n) is 4.76. The summed E-state index contributed by atoms with van der Waals surface area (Å²) >= 11 is 1.86. The molecule has 0 spiro atoms. The monoisotopic (exact) mass is 309 g/mol. The van der Waals surface area contributed by atoms with Gasteiger partial charge in [0.1, 0.15) is 5.75 Å². The first kappa shape index (κ1) is 15.7. The van der Waals surface area contributed by atoms with Crippen molar-refractivity contribution < 1.29 is 14.3 Å². The molecule has 1 atom stereocenters.